The lowest BCUT2D eigenvalue weighted by Gasteiger charge is -2.03. The maximum atomic E-state index is 4.77. The molecular weight excluding hydrogens is 116 g/mol. The minimum absolute atomic E-state index is 0.0185. The molecule has 0 N–H and O–H groups in total. The summed E-state index contributed by atoms with van der Waals surface area (Å²) in [6.07, 6.45) is 10.3. The maximum Gasteiger partial charge on any atom is 0.218 e. The van der Waals surface area contributed by atoms with Crippen LogP contribution in [0.25, 0.3) is 0 Å². The van der Waals surface area contributed by atoms with Gasteiger partial charge in [-0.15, -0.1) is 0 Å². The Bertz CT molecular complexity index is 198. The Hall–Kier alpha value is -1.02. The monoisotopic (exact) mass is 121 g/mol. The lowest BCUT2D eigenvalue weighted by atomic mass is 10.1. The van der Waals surface area contributed by atoms with Crippen LogP contribution in [0.5, 0.6) is 0 Å². The third-order valence-electron chi connectivity index (χ3n) is 1.29. The SMILES string of the molecule is [C]1=C2C=CC=CC2OO1. The Morgan fingerprint density at radius 2 is 2.44 bits per heavy atom. The predicted octanol–water partition coefficient (Wildman–Crippen LogP) is 1.13. The molecule has 0 saturated heterocycles. The van der Waals surface area contributed by atoms with E-state index in [9.17, 15) is 0 Å². The first-order valence-corrected chi connectivity index (χ1v) is 2.77. The molecule has 1 heterocycles. The molecule has 2 nitrogen and oxygen atoms in total. The van der Waals surface area contributed by atoms with Crippen LogP contribution in [0.15, 0.2) is 29.9 Å². The zero-order valence-corrected chi connectivity index (χ0v) is 4.70. The first kappa shape index (κ1) is 4.82. The van der Waals surface area contributed by atoms with E-state index in [1.165, 1.54) is 0 Å². The summed E-state index contributed by atoms with van der Waals surface area (Å²) in [4.78, 5) is 9.27. The smallest absolute Gasteiger partial charge is 0.218 e. The first-order chi connectivity index (χ1) is 4.47. The van der Waals surface area contributed by atoms with Crippen molar-refractivity contribution in [1.82, 2.24) is 0 Å². The molecular formula is C7H5O2. The van der Waals surface area contributed by atoms with E-state index in [0.29, 0.717) is 0 Å². The average Bonchev–Trinajstić information content (AvgIpc) is 2.33. The van der Waals surface area contributed by atoms with Crippen molar-refractivity contribution in [3.05, 3.63) is 36.1 Å². The molecule has 1 unspecified atom stereocenters. The Morgan fingerprint density at radius 3 is 3.33 bits per heavy atom. The molecule has 0 amide bonds. The van der Waals surface area contributed by atoms with Gasteiger partial charge in [0.15, 0.2) is 6.10 Å². The van der Waals surface area contributed by atoms with Crippen molar-refractivity contribution in [3.8, 4) is 0 Å². The molecule has 9 heavy (non-hydrogen) atoms. The first-order valence-electron chi connectivity index (χ1n) is 2.77. The van der Waals surface area contributed by atoms with Crippen molar-refractivity contribution in [2.75, 3.05) is 0 Å². The van der Waals surface area contributed by atoms with Crippen molar-refractivity contribution < 1.29 is 9.78 Å². The van der Waals surface area contributed by atoms with Gasteiger partial charge in [-0.25, -0.2) is 0 Å². The molecule has 0 saturated carbocycles. The molecule has 0 aromatic heterocycles. The highest BCUT2D eigenvalue weighted by atomic mass is 17.2. The van der Waals surface area contributed by atoms with Gasteiger partial charge in [0.1, 0.15) is 0 Å². The van der Waals surface area contributed by atoms with E-state index in [-0.39, 0.29) is 6.10 Å². The van der Waals surface area contributed by atoms with Gasteiger partial charge in [-0.3, -0.25) is 0 Å². The van der Waals surface area contributed by atoms with Crippen LogP contribution in [0.2, 0.25) is 0 Å². The highest BCUT2D eigenvalue weighted by Gasteiger charge is 2.19. The molecule has 2 aliphatic rings. The second-order valence-corrected chi connectivity index (χ2v) is 1.90. The molecule has 2 heteroatoms. The van der Waals surface area contributed by atoms with E-state index in [4.69, 9.17) is 4.89 Å². The zero-order valence-electron chi connectivity index (χ0n) is 4.70. The predicted molar refractivity (Wildman–Crippen MR) is 31.0 cm³/mol. The summed E-state index contributed by atoms with van der Waals surface area (Å²) in [5, 5.41) is 0. The summed E-state index contributed by atoms with van der Waals surface area (Å²) in [7, 11) is 0. The summed E-state index contributed by atoms with van der Waals surface area (Å²) in [6, 6.07) is 0. The van der Waals surface area contributed by atoms with Gasteiger partial charge in [0.2, 0.25) is 6.26 Å². The Morgan fingerprint density at radius 1 is 1.44 bits per heavy atom. The van der Waals surface area contributed by atoms with E-state index < -0.39 is 0 Å². The van der Waals surface area contributed by atoms with Crippen LogP contribution in [0, 0.1) is 6.26 Å². The van der Waals surface area contributed by atoms with E-state index in [0.717, 1.165) is 5.57 Å². The van der Waals surface area contributed by atoms with Crippen LogP contribution < -0.4 is 0 Å². The summed E-state index contributed by atoms with van der Waals surface area (Å²) >= 11 is 0. The molecule has 0 aromatic rings. The summed E-state index contributed by atoms with van der Waals surface area (Å²) in [6.45, 7) is 0. The van der Waals surface area contributed by atoms with Crippen LogP contribution in [-0.4, -0.2) is 6.10 Å². The molecule has 0 spiro atoms. The van der Waals surface area contributed by atoms with Crippen LogP contribution in [0.1, 0.15) is 0 Å². The molecule has 2 rings (SSSR count). The Labute approximate surface area is 53.0 Å². The zero-order chi connectivity index (χ0) is 6.10. The second-order valence-electron chi connectivity index (χ2n) is 1.90. The molecule has 45 valence electrons. The van der Waals surface area contributed by atoms with Crippen LogP contribution >= 0.6 is 0 Å². The maximum absolute atomic E-state index is 4.77. The number of rotatable bonds is 0. The van der Waals surface area contributed by atoms with Crippen molar-refractivity contribution in [2.24, 2.45) is 0 Å². The summed E-state index contributed by atoms with van der Waals surface area (Å²) in [5.41, 5.74) is 0.956. The molecule has 0 aromatic carbocycles. The van der Waals surface area contributed by atoms with Gasteiger partial charge in [-0.1, -0.05) is 18.2 Å². The normalized spacial score (nSPS) is 29.3. The quantitative estimate of drug-likeness (QED) is 0.447. The fourth-order valence-electron chi connectivity index (χ4n) is 0.823. The molecule has 1 atom stereocenters. The number of allylic oxidation sites excluding steroid dienone is 2. The van der Waals surface area contributed by atoms with Gasteiger partial charge in [0, 0.05) is 5.57 Å². The minimum atomic E-state index is -0.0185. The number of hydrogen-bond acceptors (Lipinski definition) is 2. The third-order valence-corrected chi connectivity index (χ3v) is 1.29. The number of fused-ring (bicyclic) bond motifs is 1. The van der Waals surface area contributed by atoms with Crippen LogP contribution in [0.4, 0.5) is 0 Å². The van der Waals surface area contributed by atoms with Crippen molar-refractivity contribution in [1.29, 1.82) is 0 Å². The van der Waals surface area contributed by atoms with E-state index >= 15 is 0 Å². The molecule has 0 fully saturated rings. The Balaban J connectivity index is 2.33. The minimum Gasteiger partial charge on any atom is -0.332 e. The standard InChI is InChI=1S/C7H5O2/c1-2-4-7-6(3-1)5-8-9-7/h1-4,7H. The van der Waals surface area contributed by atoms with E-state index in [2.05, 4.69) is 11.1 Å². The van der Waals surface area contributed by atoms with E-state index in [1.807, 2.05) is 24.3 Å². The average molecular weight is 121 g/mol. The Kier molecular flexibility index (Phi) is 0.932. The topological polar surface area (TPSA) is 18.5 Å². The van der Waals surface area contributed by atoms with Gasteiger partial charge in [-0.05, 0) is 6.08 Å². The molecule has 1 aliphatic heterocycles. The summed E-state index contributed by atoms with van der Waals surface area (Å²) in [5.74, 6) is 0. The fourth-order valence-corrected chi connectivity index (χ4v) is 0.823. The largest absolute Gasteiger partial charge is 0.332 e. The van der Waals surface area contributed by atoms with Crippen LogP contribution in [0.3, 0.4) is 0 Å². The molecule has 1 aliphatic carbocycles. The van der Waals surface area contributed by atoms with Crippen molar-refractivity contribution in [2.45, 2.75) is 6.10 Å². The van der Waals surface area contributed by atoms with Gasteiger partial charge in [0.25, 0.3) is 0 Å². The van der Waals surface area contributed by atoms with Gasteiger partial charge < -0.3 is 4.89 Å². The third kappa shape index (κ3) is 0.678. The van der Waals surface area contributed by atoms with Crippen LogP contribution in [-0.2, 0) is 9.78 Å². The summed E-state index contributed by atoms with van der Waals surface area (Å²) < 4.78 is 0. The highest BCUT2D eigenvalue weighted by Crippen LogP contribution is 2.19. The fraction of sp³-hybridized carbons (Fsp3) is 0.143. The van der Waals surface area contributed by atoms with Gasteiger partial charge in [0.05, 0.1) is 0 Å². The van der Waals surface area contributed by atoms with Crippen molar-refractivity contribution in [3.63, 3.8) is 0 Å². The number of hydrogen-bond donors (Lipinski definition) is 0. The molecule has 0 bridgehead atoms. The van der Waals surface area contributed by atoms with Crippen molar-refractivity contribution >= 4 is 0 Å². The van der Waals surface area contributed by atoms with Gasteiger partial charge in [-0.2, -0.15) is 4.89 Å². The molecule has 1 radical (unpaired) electrons. The van der Waals surface area contributed by atoms with E-state index in [1.54, 1.807) is 0 Å². The lowest BCUT2D eigenvalue weighted by molar-refractivity contribution is -0.249. The van der Waals surface area contributed by atoms with Gasteiger partial charge >= 0.3 is 0 Å². The second kappa shape index (κ2) is 1.74. The highest BCUT2D eigenvalue weighted by molar-refractivity contribution is 5.32. The lowest BCUT2D eigenvalue weighted by Crippen LogP contribution is -2.05.